The number of rotatable bonds is 5. The summed E-state index contributed by atoms with van der Waals surface area (Å²) in [6, 6.07) is 3.77. The highest BCUT2D eigenvalue weighted by Crippen LogP contribution is 2.17. The van der Waals surface area contributed by atoms with E-state index in [1.807, 2.05) is 26.0 Å². The van der Waals surface area contributed by atoms with Crippen molar-refractivity contribution in [3.05, 3.63) is 22.3 Å². The monoisotopic (exact) mass is 259 g/mol. The van der Waals surface area contributed by atoms with Crippen LogP contribution in [0.3, 0.4) is 0 Å². The number of halogens is 1. The molecule has 78 valence electrons. The van der Waals surface area contributed by atoms with E-state index in [1.165, 1.54) is 0 Å². The topological polar surface area (TPSA) is 31.4 Å². The van der Waals surface area contributed by atoms with Crippen LogP contribution in [0, 0.1) is 6.92 Å². The quantitative estimate of drug-likeness (QED) is 0.762. The number of hydrogen-bond donors (Lipinski definition) is 0. The van der Waals surface area contributed by atoms with Gasteiger partial charge in [0.1, 0.15) is 6.61 Å². The first-order valence-corrected chi connectivity index (χ1v) is 5.37. The van der Waals surface area contributed by atoms with Gasteiger partial charge in [-0.1, -0.05) is 0 Å². The number of hydrogen-bond acceptors (Lipinski definition) is 3. The summed E-state index contributed by atoms with van der Waals surface area (Å²) in [5.41, 5.74) is 0.930. The molecule has 0 fully saturated rings. The van der Waals surface area contributed by atoms with E-state index in [2.05, 4.69) is 20.9 Å². The van der Waals surface area contributed by atoms with Crippen molar-refractivity contribution in [2.75, 3.05) is 19.8 Å². The molecule has 0 radical (unpaired) electrons. The first kappa shape index (κ1) is 11.5. The maximum atomic E-state index is 5.39. The van der Waals surface area contributed by atoms with E-state index < -0.39 is 0 Å². The highest BCUT2D eigenvalue weighted by atomic mass is 79.9. The second-order valence-electron chi connectivity index (χ2n) is 2.76. The van der Waals surface area contributed by atoms with Crippen molar-refractivity contribution in [1.29, 1.82) is 0 Å². The van der Waals surface area contributed by atoms with Crippen molar-refractivity contribution < 1.29 is 9.47 Å². The van der Waals surface area contributed by atoms with Gasteiger partial charge in [-0.2, -0.15) is 0 Å². The lowest BCUT2D eigenvalue weighted by molar-refractivity contribution is 0.108. The van der Waals surface area contributed by atoms with E-state index in [9.17, 15) is 0 Å². The van der Waals surface area contributed by atoms with Gasteiger partial charge in [-0.05, 0) is 35.8 Å². The van der Waals surface area contributed by atoms with Gasteiger partial charge in [0.05, 0.1) is 12.3 Å². The minimum absolute atomic E-state index is 0.544. The van der Waals surface area contributed by atoms with Gasteiger partial charge >= 0.3 is 0 Å². The van der Waals surface area contributed by atoms with Crippen LogP contribution in [-0.4, -0.2) is 24.8 Å². The van der Waals surface area contributed by atoms with Crippen LogP contribution >= 0.6 is 15.9 Å². The summed E-state index contributed by atoms with van der Waals surface area (Å²) < 4.78 is 11.5. The Morgan fingerprint density at radius 3 is 2.79 bits per heavy atom. The van der Waals surface area contributed by atoms with Gasteiger partial charge < -0.3 is 9.47 Å². The molecule has 1 aromatic rings. The normalized spacial score (nSPS) is 10.2. The van der Waals surface area contributed by atoms with Crippen molar-refractivity contribution in [2.45, 2.75) is 13.8 Å². The second kappa shape index (κ2) is 5.98. The third-order valence-corrected chi connectivity index (χ3v) is 2.52. The average molecular weight is 260 g/mol. The number of nitrogens with zero attached hydrogens (tertiary/aromatic N) is 1. The van der Waals surface area contributed by atoms with Gasteiger partial charge in [0, 0.05) is 17.1 Å². The minimum Gasteiger partial charge on any atom is -0.475 e. The average Bonchev–Trinajstić information content (AvgIpc) is 2.18. The molecular weight excluding hydrogens is 246 g/mol. The van der Waals surface area contributed by atoms with Crippen molar-refractivity contribution in [3.63, 3.8) is 0 Å². The Bertz CT molecular complexity index is 291. The summed E-state index contributed by atoms with van der Waals surface area (Å²) in [5.74, 6) is 0.644. The van der Waals surface area contributed by atoms with Gasteiger partial charge in [-0.15, -0.1) is 0 Å². The van der Waals surface area contributed by atoms with Crippen molar-refractivity contribution in [3.8, 4) is 5.88 Å². The first-order chi connectivity index (χ1) is 6.74. The standard InChI is InChI=1S/C10H14BrNO2/c1-3-13-6-7-14-10-5-4-9(11)8(2)12-10/h4-5H,3,6-7H2,1-2H3. The van der Waals surface area contributed by atoms with E-state index in [0.717, 1.165) is 16.8 Å². The van der Waals surface area contributed by atoms with Crippen LogP contribution in [-0.2, 0) is 4.74 Å². The number of aromatic nitrogens is 1. The largest absolute Gasteiger partial charge is 0.475 e. The molecule has 0 spiro atoms. The molecule has 1 aromatic heterocycles. The zero-order chi connectivity index (χ0) is 10.4. The minimum atomic E-state index is 0.544. The lowest BCUT2D eigenvalue weighted by Gasteiger charge is -2.06. The van der Waals surface area contributed by atoms with Crippen LogP contribution in [0.15, 0.2) is 16.6 Å². The van der Waals surface area contributed by atoms with Crippen LogP contribution in [0.4, 0.5) is 0 Å². The molecule has 0 saturated carbocycles. The summed E-state index contributed by atoms with van der Waals surface area (Å²) in [4.78, 5) is 4.25. The molecule has 3 nitrogen and oxygen atoms in total. The van der Waals surface area contributed by atoms with Gasteiger partial charge in [0.2, 0.25) is 5.88 Å². The fourth-order valence-corrected chi connectivity index (χ4v) is 1.17. The molecule has 0 aliphatic carbocycles. The maximum absolute atomic E-state index is 5.39. The molecule has 1 rings (SSSR count). The highest BCUT2D eigenvalue weighted by Gasteiger charge is 1.99. The molecule has 14 heavy (non-hydrogen) atoms. The Morgan fingerprint density at radius 1 is 1.36 bits per heavy atom. The third kappa shape index (κ3) is 3.64. The molecule has 4 heteroatoms. The van der Waals surface area contributed by atoms with E-state index in [0.29, 0.717) is 19.1 Å². The van der Waals surface area contributed by atoms with Crippen molar-refractivity contribution in [2.24, 2.45) is 0 Å². The molecule has 0 aliphatic heterocycles. The fourth-order valence-electron chi connectivity index (χ4n) is 0.951. The molecular formula is C10H14BrNO2. The summed E-state index contributed by atoms with van der Waals surface area (Å²) >= 11 is 3.38. The van der Waals surface area contributed by atoms with Crippen LogP contribution in [0.5, 0.6) is 5.88 Å². The molecule has 0 saturated heterocycles. The molecule has 0 aromatic carbocycles. The van der Waals surface area contributed by atoms with Crippen LogP contribution in [0.1, 0.15) is 12.6 Å². The Labute approximate surface area is 92.6 Å². The Kier molecular flexibility index (Phi) is 4.90. The Hall–Kier alpha value is -0.610. The number of aryl methyl sites for hydroxylation is 1. The van der Waals surface area contributed by atoms with Crippen molar-refractivity contribution in [1.82, 2.24) is 4.98 Å². The Morgan fingerprint density at radius 2 is 2.14 bits per heavy atom. The van der Waals surface area contributed by atoms with Gasteiger partial charge in [-0.3, -0.25) is 0 Å². The summed E-state index contributed by atoms with van der Waals surface area (Å²) in [7, 11) is 0. The Balaban J connectivity index is 2.39. The van der Waals surface area contributed by atoms with Crippen LogP contribution in [0.2, 0.25) is 0 Å². The lowest BCUT2D eigenvalue weighted by atomic mass is 10.4. The molecule has 0 unspecified atom stereocenters. The second-order valence-corrected chi connectivity index (χ2v) is 3.62. The zero-order valence-electron chi connectivity index (χ0n) is 8.42. The predicted molar refractivity (Wildman–Crippen MR) is 58.7 cm³/mol. The number of pyridine rings is 1. The van der Waals surface area contributed by atoms with Gasteiger partial charge in [0.15, 0.2) is 0 Å². The third-order valence-electron chi connectivity index (χ3n) is 1.68. The fraction of sp³-hybridized carbons (Fsp3) is 0.500. The number of ether oxygens (including phenoxy) is 2. The van der Waals surface area contributed by atoms with Crippen molar-refractivity contribution >= 4 is 15.9 Å². The smallest absolute Gasteiger partial charge is 0.213 e. The van der Waals surface area contributed by atoms with Crippen LogP contribution in [0.25, 0.3) is 0 Å². The molecule has 1 heterocycles. The summed E-state index contributed by atoms with van der Waals surface area (Å²) in [6.07, 6.45) is 0. The predicted octanol–water partition coefficient (Wildman–Crippen LogP) is 2.57. The van der Waals surface area contributed by atoms with Gasteiger partial charge in [0.25, 0.3) is 0 Å². The lowest BCUT2D eigenvalue weighted by Crippen LogP contribution is -2.07. The van der Waals surface area contributed by atoms with E-state index in [-0.39, 0.29) is 0 Å². The molecule has 0 atom stereocenters. The maximum Gasteiger partial charge on any atom is 0.213 e. The van der Waals surface area contributed by atoms with Crippen LogP contribution < -0.4 is 4.74 Å². The SMILES string of the molecule is CCOCCOc1ccc(Br)c(C)n1. The first-order valence-electron chi connectivity index (χ1n) is 4.57. The van der Waals surface area contributed by atoms with E-state index >= 15 is 0 Å². The molecule has 0 N–H and O–H groups in total. The van der Waals surface area contributed by atoms with E-state index in [1.54, 1.807) is 0 Å². The zero-order valence-corrected chi connectivity index (χ0v) is 10.0. The molecule has 0 bridgehead atoms. The van der Waals surface area contributed by atoms with Gasteiger partial charge in [-0.25, -0.2) is 4.98 Å². The van der Waals surface area contributed by atoms with E-state index in [4.69, 9.17) is 9.47 Å². The summed E-state index contributed by atoms with van der Waals surface area (Å²) in [6.45, 7) is 5.76. The molecule has 0 amide bonds. The summed E-state index contributed by atoms with van der Waals surface area (Å²) in [5, 5.41) is 0. The highest BCUT2D eigenvalue weighted by molar-refractivity contribution is 9.10. The molecule has 0 aliphatic rings.